The Kier molecular flexibility index (Phi) is 6.90. The van der Waals surface area contributed by atoms with Crippen LogP contribution in [0.15, 0.2) is 23.1 Å². The van der Waals surface area contributed by atoms with Crippen LogP contribution in [0.1, 0.15) is 25.3 Å². The molecule has 1 aromatic rings. The second-order valence-electron chi connectivity index (χ2n) is 6.18. The highest BCUT2D eigenvalue weighted by atomic mass is 32.2. The Morgan fingerprint density at radius 1 is 1.31 bits per heavy atom. The van der Waals surface area contributed by atoms with Gasteiger partial charge in [0.2, 0.25) is 10.0 Å². The van der Waals surface area contributed by atoms with Crippen molar-refractivity contribution in [3.63, 3.8) is 0 Å². The number of rotatable bonds is 6. The molecule has 1 aliphatic rings. The highest BCUT2D eigenvalue weighted by molar-refractivity contribution is 7.89. The minimum Gasteiger partial charge on any atom is -0.363 e. The topological polar surface area (TPSA) is 95.8 Å². The zero-order chi connectivity index (χ0) is 19.3. The number of hydrogen-bond donors (Lipinski definition) is 1. The second-order valence-corrected chi connectivity index (χ2v) is 8.48. The van der Waals surface area contributed by atoms with Gasteiger partial charge in [0.05, 0.1) is 9.82 Å². The van der Waals surface area contributed by atoms with E-state index in [9.17, 15) is 18.5 Å². The van der Waals surface area contributed by atoms with E-state index in [1.165, 1.54) is 16.4 Å². The van der Waals surface area contributed by atoms with Crippen LogP contribution < -0.4 is 5.32 Å². The van der Waals surface area contributed by atoms with Gasteiger partial charge in [-0.25, -0.2) is 8.42 Å². The number of nitrogens with zero attached hydrogens (tertiary/aromatic N) is 3. The van der Waals surface area contributed by atoms with Crippen molar-refractivity contribution in [2.75, 3.05) is 32.7 Å². The van der Waals surface area contributed by atoms with Gasteiger partial charge in [-0.15, -0.1) is 0 Å². The Bertz CT molecular complexity index is 774. The molecule has 1 aromatic carbocycles. The molecule has 10 heteroatoms. The zero-order valence-electron chi connectivity index (χ0n) is 15.0. The predicted molar refractivity (Wildman–Crippen MR) is 104 cm³/mol. The molecule has 0 radical (unpaired) electrons. The van der Waals surface area contributed by atoms with Crippen LogP contribution in [-0.4, -0.2) is 60.4 Å². The lowest BCUT2D eigenvalue weighted by atomic mass is 10.2. The summed E-state index contributed by atoms with van der Waals surface area (Å²) in [7, 11) is -3.78. The first kappa shape index (κ1) is 20.5. The summed E-state index contributed by atoms with van der Waals surface area (Å²) in [5.74, 6) is 0. The Morgan fingerprint density at radius 3 is 2.54 bits per heavy atom. The number of piperazine rings is 1. The zero-order valence-corrected chi connectivity index (χ0v) is 16.6. The summed E-state index contributed by atoms with van der Waals surface area (Å²) >= 11 is 5.35. The normalized spacial score (nSPS) is 15.7. The molecular formula is C16H24N4O4S2. The number of benzene rings is 1. The van der Waals surface area contributed by atoms with E-state index in [-0.39, 0.29) is 10.6 Å². The van der Waals surface area contributed by atoms with Crippen molar-refractivity contribution in [1.29, 1.82) is 0 Å². The lowest BCUT2D eigenvalue weighted by Gasteiger charge is -2.35. The molecule has 0 bridgehead atoms. The quantitative estimate of drug-likeness (QED) is 0.337. The second kappa shape index (κ2) is 8.74. The molecule has 1 fully saturated rings. The first-order valence-electron chi connectivity index (χ1n) is 8.55. The molecule has 0 amide bonds. The summed E-state index contributed by atoms with van der Waals surface area (Å²) in [5, 5.41) is 14.8. The largest absolute Gasteiger partial charge is 0.363 e. The number of thiocarbonyl (C=S) groups is 1. The van der Waals surface area contributed by atoms with Gasteiger partial charge in [-0.2, -0.15) is 4.31 Å². The van der Waals surface area contributed by atoms with Crippen LogP contribution in [0, 0.1) is 17.0 Å². The van der Waals surface area contributed by atoms with E-state index in [0.717, 1.165) is 25.5 Å². The van der Waals surface area contributed by atoms with E-state index in [2.05, 4.69) is 12.2 Å². The van der Waals surface area contributed by atoms with Crippen LogP contribution in [0.2, 0.25) is 0 Å². The van der Waals surface area contributed by atoms with Crippen molar-refractivity contribution in [2.45, 2.75) is 31.6 Å². The minimum atomic E-state index is -3.78. The number of aryl methyl sites for hydroxylation is 1. The maximum absolute atomic E-state index is 12.9. The third kappa shape index (κ3) is 4.68. The number of hydrogen-bond acceptors (Lipinski definition) is 5. The van der Waals surface area contributed by atoms with Gasteiger partial charge in [0.1, 0.15) is 0 Å². The van der Waals surface area contributed by atoms with E-state index < -0.39 is 14.9 Å². The summed E-state index contributed by atoms with van der Waals surface area (Å²) in [6.45, 7) is 6.11. The smallest absolute Gasteiger partial charge is 0.270 e. The lowest BCUT2D eigenvalue weighted by Crippen LogP contribution is -2.53. The van der Waals surface area contributed by atoms with Gasteiger partial charge in [0, 0.05) is 44.9 Å². The van der Waals surface area contributed by atoms with Gasteiger partial charge >= 0.3 is 0 Å². The number of unbranched alkanes of at least 4 members (excludes halogenated alkanes) is 1. The molecule has 26 heavy (non-hydrogen) atoms. The molecule has 0 aromatic heterocycles. The van der Waals surface area contributed by atoms with Crippen LogP contribution in [0.5, 0.6) is 0 Å². The van der Waals surface area contributed by atoms with Crippen LogP contribution in [0.25, 0.3) is 0 Å². The molecule has 0 spiro atoms. The fraction of sp³-hybridized carbons (Fsp3) is 0.562. The lowest BCUT2D eigenvalue weighted by molar-refractivity contribution is -0.385. The number of non-ortho nitro benzene ring substituents is 1. The molecule has 0 saturated carbocycles. The van der Waals surface area contributed by atoms with Crippen molar-refractivity contribution in [1.82, 2.24) is 14.5 Å². The Labute approximate surface area is 159 Å². The number of nitro benzene ring substituents is 1. The van der Waals surface area contributed by atoms with Crippen LogP contribution >= 0.6 is 12.2 Å². The molecular weight excluding hydrogens is 376 g/mol. The summed E-state index contributed by atoms with van der Waals surface area (Å²) in [5.41, 5.74) is 0.267. The number of nitrogens with one attached hydrogen (secondary N) is 1. The molecule has 0 unspecified atom stereocenters. The van der Waals surface area contributed by atoms with E-state index in [4.69, 9.17) is 12.2 Å². The van der Waals surface area contributed by atoms with Crippen molar-refractivity contribution in [3.05, 3.63) is 33.9 Å². The molecule has 1 saturated heterocycles. The molecule has 1 aliphatic heterocycles. The summed E-state index contributed by atoms with van der Waals surface area (Å²) in [6.07, 6.45) is 2.10. The predicted octanol–water partition coefficient (Wildman–Crippen LogP) is 1.88. The Hall–Kier alpha value is -1.78. The SMILES string of the molecule is CCCCNC(=S)N1CCN(S(=O)(=O)c2cc([N+](=O)[O-])ccc2C)CC1. The van der Waals surface area contributed by atoms with E-state index in [1.807, 2.05) is 4.90 Å². The third-order valence-electron chi connectivity index (χ3n) is 4.33. The molecule has 8 nitrogen and oxygen atoms in total. The highest BCUT2D eigenvalue weighted by Gasteiger charge is 2.31. The fourth-order valence-corrected chi connectivity index (χ4v) is 4.69. The number of nitro groups is 1. The number of sulfonamides is 1. The monoisotopic (exact) mass is 400 g/mol. The van der Waals surface area contributed by atoms with Crippen LogP contribution in [0.3, 0.4) is 0 Å². The minimum absolute atomic E-state index is 0.0104. The standard InChI is InChI=1S/C16H24N4O4S2/c1-3-4-7-17-16(25)18-8-10-19(11-9-18)26(23,24)15-12-14(20(21)22)6-5-13(15)2/h5-6,12H,3-4,7-11H2,1-2H3,(H,17,25). The first-order chi connectivity index (χ1) is 12.3. The Morgan fingerprint density at radius 2 is 1.96 bits per heavy atom. The maximum Gasteiger partial charge on any atom is 0.270 e. The van der Waals surface area contributed by atoms with E-state index >= 15 is 0 Å². The maximum atomic E-state index is 12.9. The molecule has 0 atom stereocenters. The average molecular weight is 401 g/mol. The van der Waals surface area contributed by atoms with E-state index in [1.54, 1.807) is 6.92 Å². The van der Waals surface area contributed by atoms with Crippen molar-refractivity contribution < 1.29 is 13.3 Å². The van der Waals surface area contributed by atoms with Gasteiger partial charge in [0.15, 0.2) is 5.11 Å². The summed E-state index contributed by atoms with van der Waals surface area (Å²) in [6, 6.07) is 3.91. The molecule has 1 heterocycles. The summed E-state index contributed by atoms with van der Waals surface area (Å²) in [4.78, 5) is 12.3. The van der Waals surface area contributed by atoms with Gasteiger partial charge in [0.25, 0.3) is 5.69 Å². The molecule has 2 rings (SSSR count). The van der Waals surface area contributed by atoms with E-state index in [0.29, 0.717) is 36.9 Å². The Balaban J connectivity index is 2.07. The summed E-state index contributed by atoms with van der Waals surface area (Å²) < 4.78 is 27.2. The van der Waals surface area contributed by atoms with Gasteiger partial charge in [-0.1, -0.05) is 19.4 Å². The van der Waals surface area contributed by atoms with Gasteiger partial charge in [-0.3, -0.25) is 10.1 Å². The third-order valence-corrected chi connectivity index (χ3v) is 6.78. The molecule has 0 aliphatic carbocycles. The van der Waals surface area contributed by atoms with Gasteiger partial charge in [-0.05, 0) is 31.1 Å². The van der Waals surface area contributed by atoms with Gasteiger partial charge < -0.3 is 10.2 Å². The van der Waals surface area contributed by atoms with Crippen LogP contribution in [0.4, 0.5) is 5.69 Å². The van der Waals surface area contributed by atoms with Crippen molar-refractivity contribution >= 4 is 33.0 Å². The fourth-order valence-electron chi connectivity index (χ4n) is 2.73. The molecule has 144 valence electrons. The average Bonchev–Trinajstić information content (AvgIpc) is 2.62. The highest BCUT2D eigenvalue weighted by Crippen LogP contribution is 2.25. The van der Waals surface area contributed by atoms with Crippen molar-refractivity contribution in [3.8, 4) is 0 Å². The first-order valence-corrected chi connectivity index (χ1v) is 10.4. The van der Waals surface area contributed by atoms with Crippen molar-refractivity contribution in [2.24, 2.45) is 0 Å². The van der Waals surface area contributed by atoms with Crippen LogP contribution in [-0.2, 0) is 10.0 Å². The molecule has 1 N–H and O–H groups in total.